The maximum Gasteiger partial charge on any atom is 0.338 e. The van der Waals surface area contributed by atoms with Crippen LogP contribution in [-0.4, -0.2) is 16.2 Å². The van der Waals surface area contributed by atoms with E-state index in [1.807, 2.05) is 48.5 Å². The highest BCUT2D eigenvalue weighted by Crippen LogP contribution is 2.21. The van der Waals surface area contributed by atoms with Crippen molar-refractivity contribution in [1.29, 1.82) is 0 Å². The van der Waals surface area contributed by atoms with Gasteiger partial charge < -0.3 is 9.15 Å². The molecule has 5 nitrogen and oxygen atoms in total. The van der Waals surface area contributed by atoms with Crippen molar-refractivity contribution in [3.63, 3.8) is 0 Å². The number of hydrogen-bond donors (Lipinski definition) is 0. The molecule has 4 aromatic rings. The van der Waals surface area contributed by atoms with Gasteiger partial charge in [-0.05, 0) is 47.9 Å². The predicted octanol–water partition coefficient (Wildman–Crippen LogP) is 5.34. The summed E-state index contributed by atoms with van der Waals surface area (Å²) in [6.45, 7) is -0.0981. The van der Waals surface area contributed by atoms with Gasteiger partial charge in [-0.2, -0.15) is 0 Å². The SMILES string of the molecule is O=C(OCc1nnc(-c2ccc(Cl)cc2)o1)c1ccccc1Cc1ccccc1. The topological polar surface area (TPSA) is 65.2 Å². The Morgan fingerprint density at radius 1 is 0.897 bits per heavy atom. The summed E-state index contributed by atoms with van der Waals surface area (Å²) < 4.78 is 11.0. The smallest absolute Gasteiger partial charge is 0.338 e. The van der Waals surface area contributed by atoms with Gasteiger partial charge in [0.2, 0.25) is 5.89 Å². The van der Waals surface area contributed by atoms with Crippen molar-refractivity contribution in [2.24, 2.45) is 0 Å². The molecule has 0 bridgehead atoms. The van der Waals surface area contributed by atoms with Crippen LogP contribution in [0.2, 0.25) is 5.02 Å². The van der Waals surface area contributed by atoms with Gasteiger partial charge >= 0.3 is 5.97 Å². The molecule has 0 fully saturated rings. The van der Waals surface area contributed by atoms with E-state index in [1.54, 1.807) is 30.3 Å². The van der Waals surface area contributed by atoms with E-state index in [-0.39, 0.29) is 12.5 Å². The third kappa shape index (κ3) is 4.70. The Balaban J connectivity index is 1.43. The summed E-state index contributed by atoms with van der Waals surface area (Å²) in [6, 6.07) is 24.4. The number of benzene rings is 3. The molecule has 3 aromatic carbocycles. The fourth-order valence-corrected chi connectivity index (χ4v) is 3.04. The van der Waals surface area contributed by atoms with Crippen LogP contribution in [0.3, 0.4) is 0 Å². The fourth-order valence-electron chi connectivity index (χ4n) is 2.92. The van der Waals surface area contributed by atoms with Gasteiger partial charge in [0.15, 0.2) is 6.61 Å². The van der Waals surface area contributed by atoms with Crippen LogP contribution >= 0.6 is 11.6 Å². The summed E-state index contributed by atoms with van der Waals surface area (Å²) in [6.07, 6.45) is 0.646. The van der Waals surface area contributed by atoms with Gasteiger partial charge in [-0.15, -0.1) is 10.2 Å². The Kier molecular flexibility index (Phi) is 5.68. The number of esters is 1. The van der Waals surface area contributed by atoms with Crippen LogP contribution < -0.4 is 0 Å². The number of hydrogen-bond acceptors (Lipinski definition) is 5. The molecule has 29 heavy (non-hydrogen) atoms. The molecule has 0 saturated carbocycles. The second-order valence-electron chi connectivity index (χ2n) is 6.40. The zero-order chi connectivity index (χ0) is 20.1. The third-order valence-electron chi connectivity index (χ3n) is 4.36. The minimum atomic E-state index is -0.428. The second kappa shape index (κ2) is 8.71. The number of halogens is 1. The number of ether oxygens (including phenoxy) is 1. The molecule has 0 atom stereocenters. The minimum absolute atomic E-state index is 0.0981. The first-order chi connectivity index (χ1) is 14.2. The number of rotatable bonds is 6. The summed E-state index contributed by atoms with van der Waals surface area (Å²) >= 11 is 5.89. The first kappa shape index (κ1) is 18.9. The van der Waals surface area contributed by atoms with Crippen molar-refractivity contribution in [1.82, 2.24) is 10.2 Å². The van der Waals surface area contributed by atoms with E-state index in [4.69, 9.17) is 20.8 Å². The quantitative estimate of drug-likeness (QED) is 0.406. The number of aromatic nitrogens is 2. The molecule has 4 rings (SSSR count). The lowest BCUT2D eigenvalue weighted by atomic mass is 10.00. The molecule has 6 heteroatoms. The van der Waals surface area contributed by atoms with E-state index < -0.39 is 5.97 Å². The lowest BCUT2D eigenvalue weighted by Crippen LogP contribution is -2.09. The summed E-state index contributed by atoms with van der Waals surface area (Å²) in [5.74, 6) is 0.142. The number of carbonyl (C=O) groups excluding carboxylic acids is 1. The van der Waals surface area contributed by atoms with Crippen molar-refractivity contribution in [2.75, 3.05) is 0 Å². The van der Waals surface area contributed by atoms with Crippen LogP contribution in [-0.2, 0) is 17.8 Å². The highest BCUT2D eigenvalue weighted by Gasteiger charge is 2.15. The highest BCUT2D eigenvalue weighted by atomic mass is 35.5. The second-order valence-corrected chi connectivity index (χ2v) is 6.84. The molecule has 0 amide bonds. The van der Waals surface area contributed by atoms with Gasteiger partial charge in [0.1, 0.15) is 0 Å². The predicted molar refractivity (Wildman–Crippen MR) is 110 cm³/mol. The number of nitrogens with zero attached hydrogens (tertiary/aromatic N) is 2. The molecule has 0 saturated heterocycles. The van der Waals surface area contributed by atoms with Crippen molar-refractivity contribution >= 4 is 17.6 Å². The molecule has 0 unspecified atom stereocenters. The molecule has 0 N–H and O–H groups in total. The normalized spacial score (nSPS) is 10.7. The molecule has 0 aliphatic heterocycles. The standard InChI is InChI=1S/C23H17ClN2O3/c24-19-12-10-17(11-13-19)22-26-25-21(29-22)15-28-23(27)20-9-5-4-8-18(20)14-16-6-2-1-3-7-16/h1-13H,14-15H2. The van der Waals surface area contributed by atoms with E-state index in [2.05, 4.69) is 10.2 Å². The van der Waals surface area contributed by atoms with Crippen LogP contribution in [0.4, 0.5) is 0 Å². The van der Waals surface area contributed by atoms with Crippen molar-refractivity contribution in [2.45, 2.75) is 13.0 Å². The van der Waals surface area contributed by atoms with Gasteiger partial charge in [0.25, 0.3) is 5.89 Å². The molecule has 0 radical (unpaired) electrons. The summed E-state index contributed by atoms with van der Waals surface area (Å²) in [5, 5.41) is 8.55. The van der Waals surface area contributed by atoms with Gasteiger partial charge in [-0.3, -0.25) is 0 Å². The average molecular weight is 405 g/mol. The average Bonchev–Trinajstić information content (AvgIpc) is 3.23. The van der Waals surface area contributed by atoms with E-state index in [0.717, 1.165) is 16.7 Å². The maximum atomic E-state index is 12.6. The van der Waals surface area contributed by atoms with Crippen molar-refractivity contribution < 1.29 is 13.9 Å². The van der Waals surface area contributed by atoms with Gasteiger partial charge in [0, 0.05) is 10.6 Å². The van der Waals surface area contributed by atoms with Crippen LogP contribution in [0, 0.1) is 0 Å². The highest BCUT2D eigenvalue weighted by molar-refractivity contribution is 6.30. The van der Waals surface area contributed by atoms with Gasteiger partial charge in [-0.25, -0.2) is 4.79 Å². The summed E-state index contributed by atoms with van der Waals surface area (Å²) in [5.41, 5.74) is 3.29. The molecule has 0 aliphatic carbocycles. The Morgan fingerprint density at radius 2 is 1.62 bits per heavy atom. The van der Waals surface area contributed by atoms with Crippen molar-refractivity contribution in [3.05, 3.63) is 106 Å². The summed E-state index contributed by atoms with van der Waals surface area (Å²) in [4.78, 5) is 12.6. The molecular formula is C23H17ClN2O3. The molecule has 0 aliphatic rings. The Hall–Kier alpha value is -3.44. The largest absolute Gasteiger partial charge is 0.452 e. The van der Waals surface area contributed by atoms with Crippen LogP contribution in [0.25, 0.3) is 11.5 Å². The number of carbonyl (C=O) groups is 1. The van der Waals surface area contributed by atoms with Crippen LogP contribution in [0.5, 0.6) is 0 Å². The van der Waals surface area contributed by atoms with Crippen molar-refractivity contribution in [3.8, 4) is 11.5 Å². The Labute approximate surface area is 172 Å². The molecule has 1 aromatic heterocycles. The Bertz CT molecular complexity index is 1110. The summed E-state index contributed by atoms with van der Waals surface area (Å²) in [7, 11) is 0. The van der Waals surface area contributed by atoms with Crippen LogP contribution in [0.15, 0.2) is 83.3 Å². The van der Waals surface area contributed by atoms with E-state index in [1.165, 1.54) is 0 Å². The molecular weight excluding hydrogens is 388 g/mol. The first-order valence-corrected chi connectivity index (χ1v) is 9.44. The Morgan fingerprint density at radius 3 is 2.41 bits per heavy atom. The zero-order valence-corrected chi connectivity index (χ0v) is 16.2. The lowest BCUT2D eigenvalue weighted by Gasteiger charge is -2.09. The third-order valence-corrected chi connectivity index (χ3v) is 4.61. The van der Waals surface area contributed by atoms with E-state index >= 15 is 0 Å². The first-order valence-electron chi connectivity index (χ1n) is 9.06. The monoisotopic (exact) mass is 404 g/mol. The molecule has 1 heterocycles. The molecule has 144 valence electrons. The van der Waals surface area contributed by atoms with Crippen LogP contribution in [0.1, 0.15) is 27.4 Å². The fraction of sp³-hybridized carbons (Fsp3) is 0.0870. The minimum Gasteiger partial charge on any atom is -0.452 e. The van der Waals surface area contributed by atoms with Gasteiger partial charge in [0.05, 0.1) is 5.56 Å². The maximum absolute atomic E-state index is 12.6. The lowest BCUT2D eigenvalue weighted by molar-refractivity contribution is 0.0437. The zero-order valence-electron chi connectivity index (χ0n) is 15.4. The van der Waals surface area contributed by atoms with E-state index in [9.17, 15) is 4.79 Å². The van der Waals surface area contributed by atoms with E-state index in [0.29, 0.717) is 22.9 Å². The molecule has 0 spiro atoms. The van der Waals surface area contributed by atoms with Gasteiger partial charge in [-0.1, -0.05) is 60.1 Å².